The van der Waals surface area contributed by atoms with Crippen LogP contribution in [-0.2, 0) is 12.7 Å². The Bertz CT molecular complexity index is 667. The number of carbonyl (C=O) groups excluding carboxylic acids is 1. The second-order valence-corrected chi connectivity index (χ2v) is 5.09. The molecule has 2 rings (SSSR count). The Balaban J connectivity index is 2.23. The van der Waals surface area contributed by atoms with E-state index in [4.69, 9.17) is 0 Å². The van der Waals surface area contributed by atoms with E-state index >= 15 is 0 Å². The normalized spacial score (nSPS) is 11.5. The number of nitrogens with zero attached hydrogens (tertiary/aromatic N) is 2. The van der Waals surface area contributed by atoms with Crippen LogP contribution in [0, 0.1) is 0 Å². The van der Waals surface area contributed by atoms with Crippen LogP contribution in [0.25, 0.3) is 0 Å². The van der Waals surface area contributed by atoms with Crippen LogP contribution in [0.15, 0.2) is 35.1 Å². The molecule has 0 saturated carbocycles. The van der Waals surface area contributed by atoms with Gasteiger partial charge in [-0.2, -0.15) is 18.3 Å². The molecule has 1 amide bonds. The highest BCUT2D eigenvalue weighted by Gasteiger charge is 2.33. The van der Waals surface area contributed by atoms with Crippen molar-refractivity contribution in [3.8, 4) is 0 Å². The summed E-state index contributed by atoms with van der Waals surface area (Å²) in [7, 11) is 0. The van der Waals surface area contributed by atoms with Crippen molar-refractivity contribution in [2.75, 3.05) is 5.32 Å². The molecule has 0 saturated heterocycles. The molecule has 8 heteroatoms. The molecule has 1 aromatic carbocycles. The monoisotopic (exact) mass is 361 g/mol. The Hall–Kier alpha value is -1.83. The number of aryl methyl sites for hydroxylation is 1. The van der Waals surface area contributed by atoms with Crippen LogP contribution in [0.5, 0.6) is 0 Å². The van der Waals surface area contributed by atoms with Gasteiger partial charge in [0, 0.05) is 22.8 Å². The maximum absolute atomic E-state index is 12.8. The Morgan fingerprint density at radius 2 is 2.14 bits per heavy atom. The minimum Gasteiger partial charge on any atom is -0.319 e. The largest absolute Gasteiger partial charge is 0.417 e. The molecule has 1 aromatic heterocycles. The minimum atomic E-state index is -4.53. The molecule has 0 unspecified atom stereocenters. The summed E-state index contributed by atoms with van der Waals surface area (Å²) < 4.78 is 39.9. The molecule has 0 aliphatic carbocycles. The summed E-state index contributed by atoms with van der Waals surface area (Å²) in [4.78, 5) is 12.0. The van der Waals surface area contributed by atoms with Gasteiger partial charge in [0.2, 0.25) is 0 Å². The smallest absolute Gasteiger partial charge is 0.319 e. The summed E-state index contributed by atoms with van der Waals surface area (Å²) in [6.45, 7) is 2.51. The van der Waals surface area contributed by atoms with Crippen molar-refractivity contribution in [1.29, 1.82) is 0 Å². The first-order valence-electron chi connectivity index (χ1n) is 6.02. The van der Waals surface area contributed by atoms with Gasteiger partial charge in [-0.15, -0.1) is 0 Å². The summed E-state index contributed by atoms with van der Waals surface area (Å²) in [5, 5.41) is 6.47. The lowest BCUT2D eigenvalue weighted by Gasteiger charge is -2.10. The first-order valence-corrected chi connectivity index (χ1v) is 6.81. The van der Waals surface area contributed by atoms with E-state index in [1.807, 2.05) is 6.92 Å². The summed E-state index contributed by atoms with van der Waals surface area (Å²) >= 11 is 2.83. The van der Waals surface area contributed by atoms with Crippen LogP contribution in [-0.4, -0.2) is 15.7 Å². The third-order valence-corrected chi connectivity index (χ3v) is 3.44. The second kappa shape index (κ2) is 5.88. The van der Waals surface area contributed by atoms with Crippen LogP contribution in [0.4, 0.5) is 18.9 Å². The average molecular weight is 362 g/mol. The molecule has 0 atom stereocenters. The fourth-order valence-corrected chi connectivity index (χ4v) is 2.16. The molecule has 1 heterocycles. The Kier molecular flexibility index (Phi) is 4.36. The topological polar surface area (TPSA) is 46.9 Å². The predicted octanol–water partition coefficient (Wildman–Crippen LogP) is 3.94. The molecule has 2 aromatic rings. The number of anilines is 1. The number of amides is 1. The van der Waals surface area contributed by atoms with E-state index in [2.05, 4.69) is 26.3 Å². The number of nitrogens with one attached hydrogen (secondary N) is 1. The number of halogens is 4. The Morgan fingerprint density at radius 1 is 1.43 bits per heavy atom. The molecule has 0 bridgehead atoms. The summed E-state index contributed by atoms with van der Waals surface area (Å²) in [6, 6.07) is 3.33. The van der Waals surface area contributed by atoms with Crippen molar-refractivity contribution in [2.45, 2.75) is 19.6 Å². The first-order chi connectivity index (χ1) is 9.81. The number of rotatable bonds is 3. The van der Waals surface area contributed by atoms with Crippen LogP contribution in [0.3, 0.4) is 0 Å². The van der Waals surface area contributed by atoms with Gasteiger partial charge < -0.3 is 5.32 Å². The zero-order valence-corrected chi connectivity index (χ0v) is 12.5. The van der Waals surface area contributed by atoms with Gasteiger partial charge in [-0.25, -0.2) is 0 Å². The zero-order chi connectivity index (χ0) is 15.6. The van der Waals surface area contributed by atoms with Gasteiger partial charge in [0.15, 0.2) is 0 Å². The predicted molar refractivity (Wildman–Crippen MR) is 75.0 cm³/mol. The van der Waals surface area contributed by atoms with E-state index in [0.717, 1.165) is 6.07 Å². The maximum atomic E-state index is 12.8. The lowest BCUT2D eigenvalue weighted by Crippen LogP contribution is -2.14. The van der Waals surface area contributed by atoms with Crippen molar-refractivity contribution in [3.05, 3.63) is 46.2 Å². The lowest BCUT2D eigenvalue weighted by atomic mass is 10.1. The Labute approximate surface area is 127 Å². The fraction of sp³-hybridized carbons (Fsp3) is 0.231. The van der Waals surface area contributed by atoms with E-state index in [-0.39, 0.29) is 10.0 Å². The van der Waals surface area contributed by atoms with Crippen molar-refractivity contribution < 1.29 is 18.0 Å². The molecule has 0 fully saturated rings. The zero-order valence-electron chi connectivity index (χ0n) is 10.9. The third kappa shape index (κ3) is 3.63. The molecule has 1 N–H and O–H groups in total. The summed E-state index contributed by atoms with van der Waals surface area (Å²) in [5.41, 5.74) is -0.535. The molecule has 0 spiro atoms. The van der Waals surface area contributed by atoms with Gasteiger partial charge in [-0.1, -0.05) is 15.9 Å². The van der Waals surface area contributed by atoms with Crippen molar-refractivity contribution >= 4 is 27.5 Å². The van der Waals surface area contributed by atoms with Crippen LogP contribution in [0.2, 0.25) is 0 Å². The number of hydrogen-bond donors (Lipinski definition) is 1. The average Bonchev–Trinajstić information content (AvgIpc) is 2.85. The highest BCUT2D eigenvalue weighted by atomic mass is 79.9. The quantitative estimate of drug-likeness (QED) is 0.899. The standard InChI is InChI=1S/C13H11BrF3N3O/c1-2-20-7-9(6-18-20)19-12(21)8-3-4-11(14)10(5-8)13(15,16)17/h3-7H,2H2,1H3,(H,19,21). The van der Waals surface area contributed by atoms with Crippen molar-refractivity contribution in [3.63, 3.8) is 0 Å². The number of aromatic nitrogens is 2. The van der Waals surface area contributed by atoms with E-state index in [1.165, 1.54) is 18.3 Å². The Morgan fingerprint density at radius 3 is 2.71 bits per heavy atom. The number of alkyl halides is 3. The summed E-state index contributed by atoms with van der Waals surface area (Å²) in [6.07, 6.45) is -1.49. The third-order valence-electron chi connectivity index (χ3n) is 2.75. The molecule has 0 aliphatic rings. The van der Waals surface area contributed by atoms with Crippen LogP contribution < -0.4 is 5.32 Å². The minimum absolute atomic E-state index is 0.0743. The maximum Gasteiger partial charge on any atom is 0.417 e. The van der Waals surface area contributed by atoms with Crippen molar-refractivity contribution in [2.24, 2.45) is 0 Å². The highest BCUT2D eigenvalue weighted by molar-refractivity contribution is 9.10. The molecule has 21 heavy (non-hydrogen) atoms. The van der Waals surface area contributed by atoms with E-state index in [9.17, 15) is 18.0 Å². The van der Waals surface area contributed by atoms with Gasteiger partial charge in [0.05, 0.1) is 17.4 Å². The molecule has 0 radical (unpaired) electrons. The van der Waals surface area contributed by atoms with Crippen LogP contribution in [0.1, 0.15) is 22.8 Å². The SMILES string of the molecule is CCn1cc(NC(=O)c2ccc(Br)c(C(F)(F)F)c2)cn1. The molecular weight excluding hydrogens is 351 g/mol. The van der Waals surface area contributed by atoms with Gasteiger partial charge in [-0.05, 0) is 25.1 Å². The number of hydrogen-bond acceptors (Lipinski definition) is 2. The number of benzene rings is 1. The van der Waals surface area contributed by atoms with E-state index < -0.39 is 17.6 Å². The van der Waals surface area contributed by atoms with Gasteiger partial charge in [0.25, 0.3) is 5.91 Å². The van der Waals surface area contributed by atoms with Crippen LogP contribution >= 0.6 is 15.9 Å². The summed E-state index contributed by atoms with van der Waals surface area (Å²) in [5.74, 6) is -0.622. The molecule has 4 nitrogen and oxygen atoms in total. The van der Waals surface area contributed by atoms with Gasteiger partial charge in [0.1, 0.15) is 0 Å². The lowest BCUT2D eigenvalue weighted by molar-refractivity contribution is -0.138. The van der Waals surface area contributed by atoms with Gasteiger partial charge >= 0.3 is 6.18 Å². The second-order valence-electron chi connectivity index (χ2n) is 4.23. The highest BCUT2D eigenvalue weighted by Crippen LogP contribution is 2.35. The fourth-order valence-electron chi connectivity index (χ4n) is 1.69. The molecule has 112 valence electrons. The van der Waals surface area contributed by atoms with E-state index in [1.54, 1.807) is 10.9 Å². The number of carbonyl (C=O) groups is 1. The van der Waals surface area contributed by atoms with Gasteiger partial charge in [-0.3, -0.25) is 9.48 Å². The first kappa shape index (κ1) is 15.6. The molecule has 0 aliphatic heterocycles. The van der Waals surface area contributed by atoms with Crippen molar-refractivity contribution in [1.82, 2.24) is 9.78 Å². The van der Waals surface area contributed by atoms with E-state index in [0.29, 0.717) is 12.2 Å². The molecular formula is C13H11BrF3N3O.